The molecule has 3 rings (SSSR count). The highest BCUT2D eigenvalue weighted by atomic mass is 35.5. The van der Waals surface area contributed by atoms with Crippen molar-refractivity contribution >= 4 is 34.0 Å². The fourth-order valence-electron chi connectivity index (χ4n) is 5.58. The molecule has 0 aliphatic heterocycles. The summed E-state index contributed by atoms with van der Waals surface area (Å²) in [6, 6.07) is 19.4. The summed E-state index contributed by atoms with van der Waals surface area (Å²) >= 11 is 0. The molecule has 0 fully saturated rings. The van der Waals surface area contributed by atoms with Gasteiger partial charge >= 0.3 is 0 Å². The van der Waals surface area contributed by atoms with Gasteiger partial charge < -0.3 is 10.0 Å². The first-order chi connectivity index (χ1) is 17.7. The van der Waals surface area contributed by atoms with E-state index >= 15 is 0 Å². The molecule has 0 spiro atoms. The zero-order valence-corrected chi connectivity index (χ0v) is 24.4. The van der Waals surface area contributed by atoms with Crippen molar-refractivity contribution in [2.45, 2.75) is 110 Å². The highest BCUT2D eigenvalue weighted by Gasteiger charge is 2.17. The van der Waals surface area contributed by atoms with E-state index in [-0.39, 0.29) is 12.4 Å². The molecule has 0 saturated heterocycles. The minimum Gasteiger partial charge on any atom is -0.387 e. The lowest BCUT2D eigenvalue weighted by atomic mass is 9.94. The van der Waals surface area contributed by atoms with E-state index in [2.05, 4.69) is 73.3 Å². The molecule has 0 heterocycles. The van der Waals surface area contributed by atoms with Crippen molar-refractivity contribution in [2.24, 2.45) is 0 Å². The molecular formula is C34H52ClNO. The quantitative estimate of drug-likeness (QED) is 0.124. The van der Waals surface area contributed by atoms with Crippen molar-refractivity contribution in [3.05, 3.63) is 60.2 Å². The fraction of sp³-hybridized carbons (Fsp3) is 0.588. The molecule has 0 amide bonds. The van der Waals surface area contributed by atoms with Gasteiger partial charge in [0.25, 0.3) is 0 Å². The zero-order chi connectivity index (χ0) is 25.4. The molecule has 1 N–H and O–H groups in total. The summed E-state index contributed by atoms with van der Waals surface area (Å²) < 4.78 is 0. The summed E-state index contributed by atoms with van der Waals surface area (Å²) in [4.78, 5) is 2.55. The van der Waals surface area contributed by atoms with Crippen LogP contribution in [0.1, 0.15) is 115 Å². The van der Waals surface area contributed by atoms with Crippen LogP contribution in [0.15, 0.2) is 54.6 Å². The van der Waals surface area contributed by atoms with Crippen LogP contribution in [0.2, 0.25) is 0 Å². The first kappa shape index (κ1) is 31.6. The minimum atomic E-state index is -0.464. The molecule has 2 nitrogen and oxygen atoms in total. The molecule has 3 heteroatoms. The van der Waals surface area contributed by atoms with Gasteiger partial charge in [-0.3, -0.25) is 0 Å². The van der Waals surface area contributed by atoms with Crippen LogP contribution in [-0.2, 0) is 0 Å². The van der Waals surface area contributed by atoms with Crippen molar-refractivity contribution in [3.8, 4) is 0 Å². The average molecular weight is 526 g/mol. The van der Waals surface area contributed by atoms with Crippen molar-refractivity contribution in [1.29, 1.82) is 0 Å². The predicted molar refractivity (Wildman–Crippen MR) is 166 cm³/mol. The van der Waals surface area contributed by atoms with E-state index < -0.39 is 6.10 Å². The highest BCUT2D eigenvalue weighted by Crippen LogP contribution is 2.32. The smallest absolute Gasteiger partial charge is 0.0923 e. The van der Waals surface area contributed by atoms with Crippen LogP contribution in [0, 0.1) is 0 Å². The van der Waals surface area contributed by atoms with Gasteiger partial charge in [0.15, 0.2) is 0 Å². The third kappa shape index (κ3) is 10.6. The van der Waals surface area contributed by atoms with Crippen LogP contribution in [0.5, 0.6) is 0 Å². The number of aliphatic hydroxyl groups excluding tert-OH is 1. The highest BCUT2D eigenvalue weighted by molar-refractivity contribution is 6.09. The molecule has 0 radical (unpaired) electrons. The van der Waals surface area contributed by atoms with Gasteiger partial charge in [0, 0.05) is 6.54 Å². The van der Waals surface area contributed by atoms with E-state index in [0.29, 0.717) is 0 Å². The number of benzene rings is 3. The Hall–Kier alpha value is -1.61. The Morgan fingerprint density at radius 2 is 1.05 bits per heavy atom. The maximum Gasteiger partial charge on any atom is 0.0923 e. The Bertz CT molecular complexity index is 985. The standard InChI is InChI=1S/C34H51NO.ClH/c1-3-5-7-9-11-13-19-25-35(26-20-14-12-10-8-6-4-2)28-34(36)33-27-29-21-15-16-22-30(29)31-23-17-18-24-32(31)33;/h15-18,21-24,27,34,36H,3-14,19-20,25-26,28H2,1-2H3;1H. The van der Waals surface area contributed by atoms with Crippen LogP contribution < -0.4 is 0 Å². The fourth-order valence-corrected chi connectivity index (χ4v) is 5.58. The van der Waals surface area contributed by atoms with Gasteiger partial charge in [-0.15, -0.1) is 12.4 Å². The Kier molecular flexibility index (Phi) is 15.9. The lowest BCUT2D eigenvalue weighted by Crippen LogP contribution is -2.31. The van der Waals surface area contributed by atoms with E-state index in [1.807, 2.05) is 0 Å². The van der Waals surface area contributed by atoms with Gasteiger partial charge in [0.2, 0.25) is 0 Å². The van der Waals surface area contributed by atoms with Crippen LogP contribution >= 0.6 is 12.4 Å². The van der Waals surface area contributed by atoms with E-state index in [9.17, 15) is 5.11 Å². The molecule has 206 valence electrons. The van der Waals surface area contributed by atoms with Crippen LogP contribution in [0.4, 0.5) is 0 Å². The molecule has 0 aromatic heterocycles. The summed E-state index contributed by atoms with van der Waals surface area (Å²) in [7, 11) is 0. The number of halogens is 1. The Balaban J connectivity index is 0.00000481. The van der Waals surface area contributed by atoms with E-state index in [0.717, 1.165) is 25.2 Å². The predicted octanol–water partition coefficient (Wildman–Crippen LogP) is 10.3. The third-order valence-electron chi connectivity index (χ3n) is 7.75. The monoisotopic (exact) mass is 525 g/mol. The van der Waals surface area contributed by atoms with Gasteiger partial charge in [-0.05, 0) is 59.1 Å². The summed E-state index contributed by atoms with van der Waals surface area (Å²) in [6.07, 6.45) is 18.2. The normalized spacial score (nSPS) is 12.3. The van der Waals surface area contributed by atoms with Crippen molar-refractivity contribution in [1.82, 2.24) is 4.90 Å². The first-order valence-electron chi connectivity index (χ1n) is 15.1. The number of hydrogen-bond acceptors (Lipinski definition) is 2. The molecule has 1 unspecified atom stereocenters. The second-order valence-corrected chi connectivity index (χ2v) is 10.8. The Morgan fingerprint density at radius 3 is 1.62 bits per heavy atom. The first-order valence-corrected chi connectivity index (χ1v) is 15.1. The summed E-state index contributed by atoms with van der Waals surface area (Å²) in [6.45, 7) is 7.50. The van der Waals surface area contributed by atoms with Crippen molar-refractivity contribution in [3.63, 3.8) is 0 Å². The van der Waals surface area contributed by atoms with Crippen LogP contribution in [0.3, 0.4) is 0 Å². The Labute approximate surface area is 233 Å². The number of fused-ring (bicyclic) bond motifs is 3. The van der Waals surface area contributed by atoms with Gasteiger partial charge in [-0.2, -0.15) is 0 Å². The van der Waals surface area contributed by atoms with Gasteiger partial charge in [0.05, 0.1) is 6.10 Å². The molecular weight excluding hydrogens is 474 g/mol. The zero-order valence-electron chi connectivity index (χ0n) is 23.6. The van der Waals surface area contributed by atoms with Crippen molar-refractivity contribution < 1.29 is 5.11 Å². The topological polar surface area (TPSA) is 23.5 Å². The molecule has 3 aromatic carbocycles. The summed E-state index contributed by atoms with van der Waals surface area (Å²) in [5.74, 6) is 0. The number of rotatable bonds is 19. The molecule has 0 aliphatic carbocycles. The van der Waals surface area contributed by atoms with Gasteiger partial charge in [-0.25, -0.2) is 0 Å². The van der Waals surface area contributed by atoms with Gasteiger partial charge in [-0.1, -0.05) is 139 Å². The van der Waals surface area contributed by atoms with Crippen molar-refractivity contribution in [2.75, 3.05) is 19.6 Å². The van der Waals surface area contributed by atoms with E-state index in [1.54, 1.807) is 0 Å². The molecule has 0 saturated carbocycles. The minimum absolute atomic E-state index is 0. The summed E-state index contributed by atoms with van der Waals surface area (Å²) in [5, 5.41) is 16.4. The van der Waals surface area contributed by atoms with Crippen LogP contribution in [-0.4, -0.2) is 29.6 Å². The molecule has 3 aromatic rings. The molecule has 1 atom stereocenters. The number of aliphatic hydroxyl groups is 1. The second-order valence-electron chi connectivity index (χ2n) is 10.8. The van der Waals surface area contributed by atoms with Gasteiger partial charge in [0.1, 0.15) is 0 Å². The third-order valence-corrected chi connectivity index (χ3v) is 7.75. The number of hydrogen-bond donors (Lipinski definition) is 1. The van der Waals surface area contributed by atoms with E-state index in [4.69, 9.17) is 0 Å². The summed E-state index contributed by atoms with van der Waals surface area (Å²) in [5.41, 5.74) is 1.08. The number of unbranched alkanes of at least 4 members (excludes halogenated alkanes) is 12. The number of nitrogens with zero attached hydrogens (tertiary/aromatic N) is 1. The van der Waals surface area contributed by atoms with Crippen LogP contribution in [0.25, 0.3) is 21.5 Å². The second kappa shape index (κ2) is 18.6. The lowest BCUT2D eigenvalue weighted by Gasteiger charge is -2.26. The molecule has 0 aliphatic rings. The maximum absolute atomic E-state index is 11.5. The lowest BCUT2D eigenvalue weighted by molar-refractivity contribution is 0.111. The Morgan fingerprint density at radius 1 is 0.595 bits per heavy atom. The largest absolute Gasteiger partial charge is 0.387 e. The molecule has 0 bridgehead atoms. The SMILES string of the molecule is CCCCCCCCCN(CCCCCCCCC)CC(O)c1cc2ccccc2c2ccccc12.Cl. The maximum atomic E-state index is 11.5. The average Bonchev–Trinajstić information content (AvgIpc) is 2.91. The van der Waals surface area contributed by atoms with E-state index in [1.165, 1.54) is 111 Å². The molecule has 37 heavy (non-hydrogen) atoms.